The maximum Gasteiger partial charge on any atom is 0.268 e. The van der Waals surface area contributed by atoms with Crippen molar-refractivity contribution in [2.75, 3.05) is 0 Å². The van der Waals surface area contributed by atoms with E-state index in [0.29, 0.717) is 12.1 Å². The highest BCUT2D eigenvalue weighted by Crippen LogP contribution is 2.24. The summed E-state index contributed by atoms with van der Waals surface area (Å²) in [7, 11) is -3.57. The van der Waals surface area contributed by atoms with Gasteiger partial charge in [0.05, 0.1) is 10.4 Å². The van der Waals surface area contributed by atoms with Crippen LogP contribution in [0.3, 0.4) is 0 Å². The molecule has 0 aliphatic rings. The van der Waals surface area contributed by atoms with E-state index in [1.807, 2.05) is 12.1 Å². The van der Waals surface area contributed by atoms with Gasteiger partial charge >= 0.3 is 0 Å². The van der Waals surface area contributed by atoms with Gasteiger partial charge in [-0.3, -0.25) is 0 Å². The lowest BCUT2D eigenvalue weighted by Gasteiger charge is -2.08. The van der Waals surface area contributed by atoms with Crippen molar-refractivity contribution in [3.8, 4) is 0 Å². The first kappa shape index (κ1) is 15.6. The fourth-order valence-corrected chi connectivity index (χ4v) is 3.67. The maximum atomic E-state index is 12.6. The molecule has 2 aromatic carbocycles. The average Bonchev–Trinajstić information content (AvgIpc) is 2.92. The molecule has 110 valence electrons. The molecule has 0 saturated carbocycles. The largest absolute Gasteiger partial charge is 0.326 e. The van der Waals surface area contributed by atoms with Gasteiger partial charge < -0.3 is 5.73 Å². The molecule has 0 aliphatic carbocycles. The van der Waals surface area contributed by atoms with Gasteiger partial charge in [-0.15, -0.1) is 12.4 Å². The smallest absolute Gasteiger partial charge is 0.268 e. The monoisotopic (exact) mass is 322 g/mol. The number of halogens is 1. The Hall–Kier alpha value is -1.82. The molecule has 1 aromatic heterocycles. The van der Waals surface area contributed by atoms with Crippen LogP contribution in [-0.2, 0) is 16.6 Å². The summed E-state index contributed by atoms with van der Waals surface area (Å²) < 4.78 is 26.6. The van der Waals surface area contributed by atoms with E-state index >= 15 is 0 Å². The lowest BCUT2D eigenvalue weighted by Crippen LogP contribution is -2.11. The highest BCUT2D eigenvalue weighted by molar-refractivity contribution is 7.90. The average molecular weight is 323 g/mol. The van der Waals surface area contributed by atoms with Crippen LogP contribution in [0, 0.1) is 0 Å². The standard InChI is InChI=1S/C15H14N2O2S.ClH/c16-11-12-5-4-8-15-14(12)9-10-17(15)20(18,19)13-6-2-1-3-7-13;/h1-10H,11,16H2;1H. The van der Waals surface area contributed by atoms with Crippen LogP contribution in [0.2, 0.25) is 0 Å². The van der Waals surface area contributed by atoms with Crippen molar-refractivity contribution in [2.45, 2.75) is 11.4 Å². The fraction of sp³-hybridized carbons (Fsp3) is 0.0667. The molecule has 0 radical (unpaired) electrons. The number of fused-ring (bicyclic) bond motifs is 1. The van der Waals surface area contributed by atoms with Crippen molar-refractivity contribution < 1.29 is 8.42 Å². The number of nitrogens with zero attached hydrogens (tertiary/aromatic N) is 1. The van der Waals surface area contributed by atoms with Gasteiger partial charge in [-0.1, -0.05) is 30.3 Å². The first-order valence-electron chi connectivity index (χ1n) is 6.24. The number of nitrogens with two attached hydrogens (primary N) is 1. The molecule has 0 fully saturated rings. The third kappa shape index (κ3) is 2.55. The number of hydrogen-bond acceptors (Lipinski definition) is 3. The van der Waals surface area contributed by atoms with Gasteiger partial charge in [0, 0.05) is 18.1 Å². The van der Waals surface area contributed by atoms with Gasteiger partial charge in [0.2, 0.25) is 0 Å². The molecule has 3 aromatic rings. The summed E-state index contributed by atoms with van der Waals surface area (Å²) in [5.74, 6) is 0. The molecule has 0 amide bonds. The molecular weight excluding hydrogens is 308 g/mol. The van der Waals surface area contributed by atoms with Crippen LogP contribution < -0.4 is 5.73 Å². The normalized spacial score (nSPS) is 11.3. The van der Waals surface area contributed by atoms with Gasteiger partial charge in [0.1, 0.15) is 0 Å². The van der Waals surface area contributed by atoms with E-state index in [1.54, 1.807) is 48.7 Å². The van der Waals surface area contributed by atoms with Gasteiger partial charge in [-0.25, -0.2) is 12.4 Å². The predicted octanol–water partition coefficient (Wildman–Crippen LogP) is 2.76. The molecule has 0 saturated heterocycles. The Kier molecular flexibility index (Phi) is 4.37. The summed E-state index contributed by atoms with van der Waals surface area (Å²) >= 11 is 0. The van der Waals surface area contributed by atoms with Crippen molar-refractivity contribution in [1.29, 1.82) is 0 Å². The third-order valence-corrected chi connectivity index (χ3v) is 5.01. The van der Waals surface area contributed by atoms with Gasteiger partial charge in [0.25, 0.3) is 10.0 Å². The lowest BCUT2D eigenvalue weighted by molar-refractivity contribution is 0.589. The van der Waals surface area contributed by atoms with E-state index < -0.39 is 10.0 Å². The molecule has 4 nitrogen and oxygen atoms in total. The van der Waals surface area contributed by atoms with Crippen LogP contribution in [-0.4, -0.2) is 12.4 Å². The van der Waals surface area contributed by atoms with E-state index in [1.165, 1.54) is 3.97 Å². The summed E-state index contributed by atoms with van der Waals surface area (Å²) in [6.07, 6.45) is 1.58. The second-order valence-corrected chi connectivity index (χ2v) is 6.30. The van der Waals surface area contributed by atoms with E-state index in [9.17, 15) is 8.42 Å². The van der Waals surface area contributed by atoms with Crippen molar-refractivity contribution in [2.24, 2.45) is 5.73 Å². The summed E-state index contributed by atoms with van der Waals surface area (Å²) in [5.41, 5.74) is 7.27. The number of aromatic nitrogens is 1. The summed E-state index contributed by atoms with van der Waals surface area (Å²) in [4.78, 5) is 0.274. The molecule has 0 unspecified atom stereocenters. The third-order valence-electron chi connectivity index (χ3n) is 3.31. The van der Waals surface area contributed by atoms with E-state index in [2.05, 4.69) is 0 Å². The van der Waals surface area contributed by atoms with Crippen molar-refractivity contribution in [3.63, 3.8) is 0 Å². The molecular formula is C15H15ClN2O2S. The first-order chi connectivity index (χ1) is 9.64. The summed E-state index contributed by atoms with van der Waals surface area (Å²) in [5, 5.41) is 0.870. The highest BCUT2D eigenvalue weighted by atomic mass is 35.5. The number of rotatable bonds is 3. The molecule has 0 aliphatic heterocycles. The second kappa shape index (κ2) is 5.89. The van der Waals surface area contributed by atoms with Crippen LogP contribution in [0.25, 0.3) is 10.9 Å². The Morgan fingerprint density at radius 1 is 0.952 bits per heavy atom. The Labute approximate surface area is 129 Å². The van der Waals surface area contributed by atoms with Crippen LogP contribution >= 0.6 is 12.4 Å². The Bertz CT molecular complexity index is 858. The Morgan fingerprint density at radius 3 is 2.33 bits per heavy atom. The fourth-order valence-electron chi connectivity index (χ4n) is 2.30. The maximum absolute atomic E-state index is 12.6. The van der Waals surface area contributed by atoms with Crippen molar-refractivity contribution >= 4 is 33.3 Å². The number of benzene rings is 2. The molecule has 3 rings (SSSR count). The van der Waals surface area contributed by atoms with Crippen LogP contribution in [0.1, 0.15) is 5.56 Å². The number of hydrogen-bond donors (Lipinski definition) is 1. The zero-order valence-electron chi connectivity index (χ0n) is 11.1. The SMILES string of the molecule is Cl.NCc1cccc2c1ccn2S(=O)(=O)c1ccccc1. The second-order valence-electron chi connectivity index (χ2n) is 4.48. The van der Waals surface area contributed by atoms with Gasteiger partial charge in [-0.05, 0) is 29.8 Å². The van der Waals surface area contributed by atoms with E-state index in [4.69, 9.17) is 5.73 Å². The lowest BCUT2D eigenvalue weighted by atomic mass is 10.1. The van der Waals surface area contributed by atoms with Crippen molar-refractivity contribution in [3.05, 3.63) is 66.4 Å². The van der Waals surface area contributed by atoms with Crippen molar-refractivity contribution in [1.82, 2.24) is 3.97 Å². The first-order valence-corrected chi connectivity index (χ1v) is 7.68. The van der Waals surface area contributed by atoms with E-state index in [-0.39, 0.29) is 17.3 Å². The topological polar surface area (TPSA) is 65.1 Å². The Morgan fingerprint density at radius 2 is 1.67 bits per heavy atom. The zero-order chi connectivity index (χ0) is 14.2. The van der Waals surface area contributed by atoms with Crippen LogP contribution in [0.5, 0.6) is 0 Å². The molecule has 2 N–H and O–H groups in total. The molecule has 6 heteroatoms. The van der Waals surface area contributed by atoms with Gasteiger partial charge in [-0.2, -0.15) is 0 Å². The van der Waals surface area contributed by atoms with Crippen LogP contribution in [0.15, 0.2) is 65.7 Å². The highest BCUT2D eigenvalue weighted by Gasteiger charge is 2.18. The quantitative estimate of drug-likeness (QED) is 0.806. The minimum Gasteiger partial charge on any atom is -0.326 e. The van der Waals surface area contributed by atoms with Crippen LogP contribution in [0.4, 0.5) is 0 Å². The minimum atomic E-state index is -3.57. The molecule has 1 heterocycles. The van der Waals surface area contributed by atoms with Gasteiger partial charge in [0.15, 0.2) is 0 Å². The summed E-state index contributed by atoms with van der Waals surface area (Å²) in [6, 6.07) is 15.7. The zero-order valence-corrected chi connectivity index (χ0v) is 12.8. The van der Waals surface area contributed by atoms with E-state index in [0.717, 1.165) is 10.9 Å². The summed E-state index contributed by atoms with van der Waals surface area (Å²) in [6.45, 7) is 0.382. The molecule has 0 bridgehead atoms. The predicted molar refractivity (Wildman–Crippen MR) is 86.1 cm³/mol. The molecule has 0 atom stereocenters. The molecule has 21 heavy (non-hydrogen) atoms. The Balaban J connectivity index is 0.00000161. The minimum absolute atomic E-state index is 0. The molecule has 0 spiro atoms.